The highest BCUT2D eigenvalue weighted by Crippen LogP contribution is 2.21. The minimum Gasteiger partial charge on any atom is -0.313 e. The maximum absolute atomic E-state index is 12.5. The lowest BCUT2D eigenvalue weighted by Gasteiger charge is -2.12. The van der Waals surface area contributed by atoms with Crippen LogP contribution < -0.4 is 10.0 Å². The van der Waals surface area contributed by atoms with Crippen LogP contribution in [0, 0.1) is 0 Å². The Labute approximate surface area is 130 Å². The van der Waals surface area contributed by atoms with Crippen molar-refractivity contribution in [2.75, 3.05) is 11.3 Å². The maximum Gasteiger partial charge on any atom is 0.262 e. The second-order valence-electron chi connectivity index (χ2n) is 4.50. The smallest absolute Gasteiger partial charge is 0.262 e. The van der Waals surface area contributed by atoms with E-state index in [4.69, 9.17) is 11.6 Å². The zero-order chi connectivity index (χ0) is 15.3. The molecule has 0 aromatic heterocycles. The van der Waals surface area contributed by atoms with Crippen molar-refractivity contribution in [3.63, 3.8) is 0 Å². The summed E-state index contributed by atoms with van der Waals surface area (Å²) >= 11 is 5.80. The molecule has 2 aromatic carbocycles. The molecule has 2 aromatic rings. The first-order chi connectivity index (χ1) is 10.0. The molecule has 0 aliphatic carbocycles. The highest BCUT2D eigenvalue weighted by molar-refractivity contribution is 7.92. The quantitative estimate of drug-likeness (QED) is 0.857. The molecule has 2 N–H and O–H groups in total. The Balaban J connectivity index is 2.29. The summed E-state index contributed by atoms with van der Waals surface area (Å²) in [4.78, 5) is 0.279. The molecule has 6 heteroatoms. The highest BCUT2D eigenvalue weighted by atomic mass is 35.5. The molecule has 0 atom stereocenters. The van der Waals surface area contributed by atoms with Gasteiger partial charge >= 0.3 is 0 Å². The third kappa shape index (κ3) is 4.20. The normalized spacial score (nSPS) is 11.3. The molecule has 0 fully saturated rings. The van der Waals surface area contributed by atoms with Gasteiger partial charge in [0.1, 0.15) is 0 Å². The van der Waals surface area contributed by atoms with E-state index in [1.807, 2.05) is 13.0 Å². The molecular formula is C15H17ClN2O2S. The fourth-order valence-electron chi connectivity index (χ4n) is 1.90. The minimum atomic E-state index is -3.62. The molecule has 0 unspecified atom stereocenters. The average molecular weight is 325 g/mol. The van der Waals surface area contributed by atoms with Crippen LogP contribution >= 0.6 is 11.6 Å². The third-order valence-corrected chi connectivity index (χ3v) is 4.66. The van der Waals surface area contributed by atoms with Gasteiger partial charge in [-0.2, -0.15) is 0 Å². The highest BCUT2D eigenvalue weighted by Gasteiger charge is 2.17. The van der Waals surface area contributed by atoms with Crippen molar-refractivity contribution in [3.8, 4) is 0 Å². The van der Waals surface area contributed by atoms with Gasteiger partial charge in [-0.3, -0.25) is 4.72 Å². The van der Waals surface area contributed by atoms with Gasteiger partial charge < -0.3 is 5.32 Å². The predicted octanol–water partition coefficient (Wildman–Crippen LogP) is 3.25. The number of halogens is 1. The van der Waals surface area contributed by atoms with Crippen LogP contribution in [0.2, 0.25) is 5.02 Å². The molecule has 2 rings (SSSR count). The molecule has 4 nitrogen and oxygen atoms in total. The molecule has 0 saturated heterocycles. The van der Waals surface area contributed by atoms with Gasteiger partial charge in [0, 0.05) is 17.3 Å². The summed E-state index contributed by atoms with van der Waals surface area (Å²) in [5.41, 5.74) is 1.22. The van der Waals surface area contributed by atoms with Crippen LogP contribution in [0.25, 0.3) is 0 Å². The summed E-state index contributed by atoms with van der Waals surface area (Å²) in [7, 11) is -3.62. The van der Waals surface area contributed by atoms with Gasteiger partial charge in [0.15, 0.2) is 0 Å². The van der Waals surface area contributed by atoms with Crippen molar-refractivity contribution in [1.82, 2.24) is 5.32 Å². The van der Waals surface area contributed by atoms with Crippen LogP contribution in [0.15, 0.2) is 53.4 Å². The second kappa shape index (κ2) is 6.93. The second-order valence-corrected chi connectivity index (χ2v) is 6.59. The molecule has 0 saturated carbocycles. The lowest BCUT2D eigenvalue weighted by Crippen LogP contribution is -2.18. The van der Waals surface area contributed by atoms with Gasteiger partial charge in [-0.15, -0.1) is 0 Å². The maximum atomic E-state index is 12.5. The van der Waals surface area contributed by atoms with E-state index in [-0.39, 0.29) is 4.90 Å². The average Bonchev–Trinajstić information content (AvgIpc) is 2.47. The predicted molar refractivity (Wildman–Crippen MR) is 86.1 cm³/mol. The van der Waals surface area contributed by atoms with Crippen molar-refractivity contribution in [2.45, 2.75) is 18.4 Å². The molecule has 0 aliphatic rings. The van der Waals surface area contributed by atoms with Crippen molar-refractivity contribution >= 4 is 27.3 Å². The molecule has 0 amide bonds. The standard InChI is InChI=1S/C15H17ClN2O2S/c1-2-17-11-12-5-3-4-6-15(12)21(19,20)18-14-9-7-13(16)8-10-14/h3-10,17-18H,2,11H2,1H3. The van der Waals surface area contributed by atoms with Gasteiger partial charge in [-0.1, -0.05) is 36.7 Å². The van der Waals surface area contributed by atoms with E-state index >= 15 is 0 Å². The summed E-state index contributed by atoms with van der Waals surface area (Å²) in [5, 5.41) is 3.70. The Morgan fingerprint density at radius 3 is 2.38 bits per heavy atom. The number of rotatable bonds is 6. The fraction of sp³-hybridized carbons (Fsp3) is 0.200. The molecule has 112 valence electrons. The minimum absolute atomic E-state index is 0.279. The summed E-state index contributed by atoms with van der Waals surface area (Å²) in [6.45, 7) is 3.26. The summed E-state index contributed by atoms with van der Waals surface area (Å²) in [6, 6.07) is 13.5. The Morgan fingerprint density at radius 2 is 1.71 bits per heavy atom. The fourth-order valence-corrected chi connectivity index (χ4v) is 3.33. The van der Waals surface area contributed by atoms with Crippen molar-refractivity contribution in [3.05, 3.63) is 59.1 Å². The molecule has 0 radical (unpaired) electrons. The Hall–Kier alpha value is -1.56. The van der Waals surface area contributed by atoms with Gasteiger partial charge in [0.2, 0.25) is 0 Å². The number of hydrogen-bond donors (Lipinski definition) is 2. The Morgan fingerprint density at radius 1 is 1.05 bits per heavy atom. The summed E-state index contributed by atoms with van der Waals surface area (Å²) in [5.74, 6) is 0. The van der Waals surface area contributed by atoms with E-state index < -0.39 is 10.0 Å². The number of hydrogen-bond acceptors (Lipinski definition) is 3. The largest absolute Gasteiger partial charge is 0.313 e. The molecule has 21 heavy (non-hydrogen) atoms. The van der Waals surface area contributed by atoms with Gasteiger partial charge in [0.05, 0.1) is 4.90 Å². The van der Waals surface area contributed by atoms with Crippen molar-refractivity contribution in [2.24, 2.45) is 0 Å². The monoisotopic (exact) mass is 324 g/mol. The summed E-state index contributed by atoms with van der Waals surface area (Å²) in [6.07, 6.45) is 0. The zero-order valence-corrected chi connectivity index (χ0v) is 13.2. The Kier molecular flexibility index (Phi) is 5.22. The molecule has 0 bridgehead atoms. The van der Waals surface area contributed by atoms with Gasteiger partial charge in [0.25, 0.3) is 10.0 Å². The van der Waals surface area contributed by atoms with E-state index in [1.54, 1.807) is 42.5 Å². The van der Waals surface area contributed by atoms with Gasteiger partial charge in [-0.05, 0) is 42.4 Å². The lowest BCUT2D eigenvalue weighted by atomic mass is 10.2. The topological polar surface area (TPSA) is 58.2 Å². The first kappa shape index (κ1) is 15.8. The van der Waals surface area contributed by atoms with E-state index in [0.29, 0.717) is 17.3 Å². The zero-order valence-electron chi connectivity index (χ0n) is 11.6. The first-order valence-corrected chi connectivity index (χ1v) is 8.46. The molecule has 0 heterocycles. The molecule has 0 aliphatic heterocycles. The van der Waals surface area contributed by atoms with Crippen molar-refractivity contribution < 1.29 is 8.42 Å². The van der Waals surface area contributed by atoms with E-state index in [1.165, 1.54) is 0 Å². The Bertz CT molecular complexity index is 700. The third-order valence-electron chi connectivity index (χ3n) is 2.92. The SMILES string of the molecule is CCNCc1ccccc1S(=O)(=O)Nc1ccc(Cl)cc1. The van der Waals surface area contributed by atoms with Crippen LogP contribution in [0.3, 0.4) is 0 Å². The number of nitrogens with one attached hydrogen (secondary N) is 2. The van der Waals surface area contributed by atoms with E-state index in [2.05, 4.69) is 10.0 Å². The first-order valence-electron chi connectivity index (χ1n) is 6.60. The van der Waals surface area contributed by atoms with Crippen LogP contribution in [-0.2, 0) is 16.6 Å². The number of anilines is 1. The van der Waals surface area contributed by atoms with Crippen LogP contribution in [0.4, 0.5) is 5.69 Å². The number of benzene rings is 2. The van der Waals surface area contributed by atoms with E-state index in [0.717, 1.165) is 12.1 Å². The van der Waals surface area contributed by atoms with Crippen LogP contribution in [0.1, 0.15) is 12.5 Å². The molecular weight excluding hydrogens is 308 g/mol. The van der Waals surface area contributed by atoms with Gasteiger partial charge in [-0.25, -0.2) is 8.42 Å². The number of sulfonamides is 1. The molecule has 0 spiro atoms. The van der Waals surface area contributed by atoms with Crippen LogP contribution in [-0.4, -0.2) is 15.0 Å². The van der Waals surface area contributed by atoms with E-state index in [9.17, 15) is 8.42 Å². The van der Waals surface area contributed by atoms with Crippen molar-refractivity contribution in [1.29, 1.82) is 0 Å². The lowest BCUT2D eigenvalue weighted by molar-refractivity contribution is 0.598. The van der Waals surface area contributed by atoms with Crippen LogP contribution in [0.5, 0.6) is 0 Å². The summed E-state index contributed by atoms with van der Waals surface area (Å²) < 4.78 is 27.6.